The Morgan fingerprint density at radius 1 is 0.970 bits per heavy atom. The summed E-state index contributed by atoms with van der Waals surface area (Å²) in [5, 5.41) is 0.693. The smallest absolute Gasteiger partial charge is 0.270 e. The Hall–Kier alpha value is -3.00. The first kappa shape index (κ1) is 23.2. The van der Waals surface area contributed by atoms with Gasteiger partial charge in [0.1, 0.15) is 23.9 Å². The zero-order valence-electron chi connectivity index (χ0n) is 17.9. The van der Waals surface area contributed by atoms with E-state index in [-0.39, 0.29) is 5.91 Å². The molecule has 1 saturated heterocycles. The molecule has 1 heterocycles. The predicted octanol–water partition coefficient (Wildman–Crippen LogP) is 6.34. The molecule has 0 atom stereocenters. The monoisotopic (exact) mass is 497 g/mol. The summed E-state index contributed by atoms with van der Waals surface area (Å²) in [4.78, 5) is 15.1. The number of amides is 1. The van der Waals surface area contributed by atoms with Crippen LogP contribution in [0, 0.1) is 0 Å². The fourth-order valence-corrected chi connectivity index (χ4v) is 4.61. The van der Waals surface area contributed by atoms with Gasteiger partial charge in [-0.2, -0.15) is 0 Å². The maximum atomic E-state index is 13.1. The molecule has 8 heteroatoms. The molecule has 0 bridgehead atoms. The number of carbonyl (C=O) groups excluding carboxylic acids is 1. The SMILES string of the molecule is COc1ccc(N2C(=O)/C(=C/c3ccc(OCc4ccc(Cl)cc4)cc3)SC2=S)c(OC)c1. The van der Waals surface area contributed by atoms with Crippen LogP contribution in [-0.2, 0) is 11.4 Å². The molecule has 0 aliphatic carbocycles. The number of halogens is 1. The van der Waals surface area contributed by atoms with Crippen molar-refractivity contribution in [3.05, 3.63) is 87.8 Å². The van der Waals surface area contributed by atoms with E-state index in [0.29, 0.717) is 38.0 Å². The molecule has 0 spiro atoms. The Morgan fingerprint density at radius 3 is 2.33 bits per heavy atom. The van der Waals surface area contributed by atoms with Crippen LogP contribution in [0.5, 0.6) is 17.2 Å². The fraction of sp³-hybridized carbons (Fsp3) is 0.120. The summed E-state index contributed by atoms with van der Waals surface area (Å²) in [6.45, 7) is 0.443. The highest BCUT2D eigenvalue weighted by atomic mass is 35.5. The Kier molecular flexibility index (Phi) is 7.23. The lowest BCUT2D eigenvalue weighted by molar-refractivity contribution is -0.113. The second-order valence-electron chi connectivity index (χ2n) is 7.04. The summed E-state index contributed by atoms with van der Waals surface area (Å²) < 4.78 is 16.9. The van der Waals surface area contributed by atoms with Crippen molar-refractivity contribution in [2.75, 3.05) is 19.1 Å². The normalized spacial score (nSPS) is 14.6. The lowest BCUT2D eigenvalue weighted by Gasteiger charge is -2.18. The summed E-state index contributed by atoms with van der Waals surface area (Å²) in [6, 6.07) is 20.3. The summed E-state index contributed by atoms with van der Waals surface area (Å²) in [7, 11) is 3.12. The van der Waals surface area contributed by atoms with E-state index >= 15 is 0 Å². The van der Waals surface area contributed by atoms with Gasteiger partial charge in [-0.3, -0.25) is 9.69 Å². The Labute approximate surface area is 206 Å². The third-order valence-electron chi connectivity index (χ3n) is 4.92. The largest absolute Gasteiger partial charge is 0.497 e. The number of nitrogens with zero attached hydrogens (tertiary/aromatic N) is 1. The lowest BCUT2D eigenvalue weighted by Crippen LogP contribution is -2.27. The first-order chi connectivity index (χ1) is 16.0. The highest BCUT2D eigenvalue weighted by molar-refractivity contribution is 8.27. The number of benzene rings is 3. The second-order valence-corrected chi connectivity index (χ2v) is 9.15. The molecule has 33 heavy (non-hydrogen) atoms. The van der Waals surface area contributed by atoms with Crippen LogP contribution in [0.3, 0.4) is 0 Å². The van der Waals surface area contributed by atoms with Crippen molar-refractivity contribution in [2.45, 2.75) is 6.61 Å². The number of anilines is 1. The summed E-state index contributed by atoms with van der Waals surface area (Å²) >= 11 is 12.6. The molecule has 1 fully saturated rings. The molecule has 0 N–H and O–H groups in total. The first-order valence-electron chi connectivity index (χ1n) is 9.96. The maximum Gasteiger partial charge on any atom is 0.270 e. The van der Waals surface area contributed by atoms with E-state index in [4.69, 9.17) is 38.0 Å². The van der Waals surface area contributed by atoms with Gasteiger partial charge in [-0.15, -0.1) is 0 Å². The van der Waals surface area contributed by atoms with Gasteiger partial charge in [-0.1, -0.05) is 59.8 Å². The molecule has 0 saturated carbocycles. The Balaban J connectivity index is 1.47. The highest BCUT2D eigenvalue weighted by Gasteiger charge is 2.35. The number of methoxy groups -OCH3 is 2. The van der Waals surface area contributed by atoms with Gasteiger partial charge < -0.3 is 14.2 Å². The van der Waals surface area contributed by atoms with E-state index in [1.807, 2.05) is 54.6 Å². The minimum Gasteiger partial charge on any atom is -0.497 e. The Morgan fingerprint density at radius 2 is 1.67 bits per heavy atom. The van der Waals surface area contributed by atoms with Gasteiger partial charge in [0.05, 0.1) is 24.8 Å². The Bertz CT molecular complexity index is 1210. The molecule has 3 aromatic rings. The van der Waals surface area contributed by atoms with Crippen molar-refractivity contribution in [3.63, 3.8) is 0 Å². The molecule has 1 aliphatic rings. The van der Waals surface area contributed by atoms with Crippen molar-refractivity contribution >= 4 is 57.6 Å². The first-order valence-corrected chi connectivity index (χ1v) is 11.6. The standard InChI is InChI=1S/C25H20ClNO4S2/c1-29-20-11-12-21(22(14-20)30-2)27-24(28)23(33-25(27)32)13-16-5-9-19(10-6-16)31-15-17-3-7-18(26)8-4-17/h3-14H,15H2,1-2H3/b23-13-. The van der Waals surface area contributed by atoms with E-state index in [0.717, 1.165) is 16.9 Å². The van der Waals surface area contributed by atoms with Crippen LogP contribution in [0.25, 0.3) is 6.08 Å². The topological polar surface area (TPSA) is 48.0 Å². The molecule has 0 radical (unpaired) electrons. The molecule has 5 nitrogen and oxygen atoms in total. The van der Waals surface area contributed by atoms with Crippen molar-refractivity contribution in [1.82, 2.24) is 0 Å². The minimum atomic E-state index is -0.198. The van der Waals surface area contributed by atoms with Gasteiger partial charge in [0.25, 0.3) is 5.91 Å². The van der Waals surface area contributed by atoms with Crippen LogP contribution in [0.2, 0.25) is 5.02 Å². The van der Waals surface area contributed by atoms with E-state index in [1.54, 1.807) is 32.4 Å². The lowest BCUT2D eigenvalue weighted by atomic mass is 10.2. The van der Waals surface area contributed by atoms with E-state index in [2.05, 4.69) is 0 Å². The van der Waals surface area contributed by atoms with E-state index in [9.17, 15) is 4.79 Å². The van der Waals surface area contributed by atoms with Gasteiger partial charge in [0, 0.05) is 11.1 Å². The number of hydrogen-bond acceptors (Lipinski definition) is 6. The average molecular weight is 498 g/mol. The molecule has 0 unspecified atom stereocenters. The van der Waals surface area contributed by atoms with Gasteiger partial charge in [0.15, 0.2) is 4.32 Å². The maximum absolute atomic E-state index is 13.1. The van der Waals surface area contributed by atoms with Gasteiger partial charge >= 0.3 is 0 Å². The summed E-state index contributed by atoms with van der Waals surface area (Å²) in [5.41, 5.74) is 2.48. The number of hydrogen-bond donors (Lipinski definition) is 0. The van der Waals surface area contributed by atoms with Gasteiger partial charge in [-0.25, -0.2) is 0 Å². The number of thiocarbonyl (C=S) groups is 1. The molecular weight excluding hydrogens is 478 g/mol. The van der Waals surface area contributed by atoms with E-state index in [1.165, 1.54) is 16.7 Å². The molecular formula is C25H20ClNO4S2. The van der Waals surface area contributed by atoms with E-state index < -0.39 is 0 Å². The van der Waals surface area contributed by atoms with Crippen molar-refractivity contribution in [3.8, 4) is 17.2 Å². The number of thioether (sulfide) groups is 1. The van der Waals surface area contributed by atoms with Crippen LogP contribution < -0.4 is 19.1 Å². The zero-order chi connectivity index (χ0) is 23.4. The van der Waals surface area contributed by atoms with Crippen LogP contribution in [0.15, 0.2) is 71.6 Å². The number of ether oxygens (including phenoxy) is 3. The zero-order valence-corrected chi connectivity index (χ0v) is 20.3. The summed E-state index contributed by atoms with van der Waals surface area (Å²) in [6.07, 6.45) is 1.82. The third-order valence-corrected chi connectivity index (χ3v) is 6.47. The molecule has 168 valence electrons. The van der Waals surface area contributed by atoms with Crippen molar-refractivity contribution in [2.24, 2.45) is 0 Å². The predicted molar refractivity (Wildman–Crippen MR) is 137 cm³/mol. The van der Waals surface area contributed by atoms with Crippen LogP contribution in [-0.4, -0.2) is 24.4 Å². The molecule has 3 aromatic carbocycles. The second kappa shape index (κ2) is 10.3. The molecule has 1 aliphatic heterocycles. The third kappa shape index (κ3) is 5.33. The van der Waals surface area contributed by atoms with Crippen LogP contribution in [0.4, 0.5) is 5.69 Å². The van der Waals surface area contributed by atoms with Crippen LogP contribution in [0.1, 0.15) is 11.1 Å². The number of rotatable bonds is 7. The van der Waals surface area contributed by atoms with Gasteiger partial charge in [0.2, 0.25) is 0 Å². The van der Waals surface area contributed by atoms with Crippen LogP contribution >= 0.6 is 35.6 Å². The quantitative estimate of drug-likeness (QED) is 0.280. The minimum absolute atomic E-state index is 0.198. The van der Waals surface area contributed by atoms with Gasteiger partial charge in [-0.05, 0) is 53.6 Å². The molecule has 1 amide bonds. The highest BCUT2D eigenvalue weighted by Crippen LogP contribution is 2.41. The molecule has 4 rings (SSSR count). The fourth-order valence-electron chi connectivity index (χ4n) is 3.20. The average Bonchev–Trinajstić information content (AvgIpc) is 3.11. The van der Waals surface area contributed by atoms with Crippen molar-refractivity contribution < 1.29 is 19.0 Å². The molecule has 0 aromatic heterocycles. The van der Waals surface area contributed by atoms with Crippen molar-refractivity contribution in [1.29, 1.82) is 0 Å². The number of carbonyl (C=O) groups is 1. The summed E-state index contributed by atoms with van der Waals surface area (Å²) in [5.74, 6) is 1.68.